The molecule has 0 atom stereocenters. The van der Waals surface area contributed by atoms with E-state index in [1.165, 1.54) is 5.56 Å². The van der Waals surface area contributed by atoms with E-state index in [1.54, 1.807) is 7.11 Å². The Bertz CT molecular complexity index is 662. The second-order valence-electron chi connectivity index (χ2n) is 7.38. The molecule has 1 aromatic carbocycles. The summed E-state index contributed by atoms with van der Waals surface area (Å²) in [4.78, 5) is 3.27. The summed E-state index contributed by atoms with van der Waals surface area (Å²) in [6.45, 7) is 9.68. The van der Waals surface area contributed by atoms with E-state index in [-0.39, 0.29) is 5.60 Å². The van der Waals surface area contributed by atoms with E-state index in [4.69, 9.17) is 19.9 Å². The number of ether oxygens (including phenoxy) is 3. The number of aromatic amines is 1. The highest BCUT2D eigenvalue weighted by Crippen LogP contribution is 2.26. The van der Waals surface area contributed by atoms with Crippen LogP contribution in [0.1, 0.15) is 33.3 Å². The number of hydrogen-bond acceptors (Lipinski definition) is 4. The Kier molecular flexibility index (Phi) is 5.91. The highest BCUT2D eigenvalue weighted by molar-refractivity contribution is 5.84. The van der Waals surface area contributed by atoms with Gasteiger partial charge in [0.1, 0.15) is 11.4 Å². The smallest absolute Gasteiger partial charge is 0.127 e. The van der Waals surface area contributed by atoms with Gasteiger partial charge in [0.25, 0.3) is 0 Å². The van der Waals surface area contributed by atoms with Crippen LogP contribution in [0.3, 0.4) is 0 Å². The van der Waals surface area contributed by atoms with Crippen LogP contribution >= 0.6 is 0 Å². The standard InChI is InChI=1S/C19H30N2O3/c1-18(2,22-5)12-23-13-19(3,4)24-15-6-7-17-16(10-15)14(8-9-20)11-21-17/h6-7,10-11,21H,8-9,12-13,20H2,1-5H3. The van der Waals surface area contributed by atoms with E-state index in [1.807, 2.05) is 46.0 Å². The summed E-state index contributed by atoms with van der Waals surface area (Å²) in [5, 5.41) is 1.16. The van der Waals surface area contributed by atoms with Gasteiger partial charge in [-0.15, -0.1) is 0 Å². The number of H-pyrrole nitrogens is 1. The fraction of sp³-hybridized carbons (Fsp3) is 0.579. The number of benzene rings is 1. The predicted molar refractivity (Wildman–Crippen MR) is 97.7 cm³/mol. The molecule has 0 fully saturated rings. The summed E-state index contributed by atoms with van der Waals surface area (Å²) in [5.41, 5.74) is 7.27. The first kappa shape index (κ1) is 18.8. The minimum atomic E-state index is -0.429. The van der Waals surface area contributed by atoms with Gasteiger partial charge in [0, 0.05) is 24.2 Å². The molecule has 5 heteroatoms. The Morgan fingerprint density at radius 2 is 1.79 bits per heavy atom. The lowest BCUT2D eigenvalue weighted by atomic mass is 10.1. The van der Waals surface area contributed by atoms with Crippen molar-refractivity contribution in [2.75, 3.05) is 26.9 Å². The topological polar surface area (TPSA) is 69.5 Å². The van der Waals surface area contributed by atoms with Crippen LogP contribution in [-0.4, -0.2) is 43.1 Å². The van der Waals surface area contributed by atoms with Gasteiger partial charge in [0.05, 0.1) is 18.8 Å². The molecule has 0 saturated carbocycles. The van der Waals surface area contributed by atoms with Crippen molar-refractivity contribution in [1.29, 1.82) is 0 Å². The maximum absolute atomic E-state index is 6.15. The first-order valence-electron chi connectivity index (χ1n) is 8.38. The zero-order chi connectivity index (χ0) is 17.8. The van der Waals surface area contributed by atoms with Gasteiger partial charge in [0.15, 0.2) is 0 Å². The van der Waals surface area contributed by atoms with Crippen LogP contribution in [0.25, 0.3) is 10.9 Å². The Balaban J connectivity index is 2.03. The van der Waals surface area contributed by atoms with E-state index in [0.29, 0.717) is 19.8 Å². The first-order valence-corrected chi connectivity index (χ1v) is 8.38. The molecular weight excluding hydrogens is 304 g/mol. The van der Waals surface area contributed by atoms with Crippen LogP contribution in [0.15, 0.2) is 24.4 Å². The normalized spacial score (nSPS) is 12.8. The number of hydrogen-bond donors (Lipinski definition) is 2. The van der Waals surface area contributed by atoms with Crippen molar-refractivity contribution in [2.24, 2.45) is 5.73 Å². The van der Waals surface area contributed by atoms with Crippen molar-refractivity contribution < 1.29 is 14.2 Å². The zero-order valence-corrected chi connectivity index (χ0v) is 15.4. The molecule has 0 aliphatic heterocycles. The van der Waals surface area contributed by atoms with Gasteiger partial charge in [-0.25, -0.2) is 0 Å². The average molecular weight is 334 g/mol. The molecule has 1 heterocycles. The molecular formula is C19H30N2O3. The highest BCUT2D eigenvalue weighted by atomic mass is 16.6. The SMILES string of the molecule is COC(C)(C)COCC(C)(C)Oc1ccc2[nH]cc(CCN)c2c1. The molecule has 0 radical (unpaired) electrons. The van der Waals surface area contributed by atoms with Crippen LogP contribution in [0, 0.1) is 0 Å². The summed E-state index contributed by atoms with van der Waals surface area (Å²) < 4.78 is 17.3. The van der Waals surface area contributed by atoms with Gasteiger partial charge in [-0.2, -0.15) is 0 Å². The molecule has 0 saturated heterocycles. The first-order chi connectivity index (χ1) is 11.3. The van der Waals surface area contributed by atoms with Gasteiger partial charge < -0.3 is 24.9 Å². The maximum atomic E-state index is 6.15. The second-order valence-corrected chi connectivity index (χ2v) is 7.38. The molecule has 0 spiro atoms. The molecule has 0 aliphatic carbocycles. The number of methoxy groups -OCH3 is 1. The van der Waals surface area contributed by atoms with Crippen molar-refractivity contribution in [2.45, 2.75) is 45.3 Å². The lowest BCUT2D eigenvalue weighted by Crippen LogP contribution is -2.37. The molecule has 1 aromatic heterocycles. The third kappa shape index (κ3) is 4.97. The number of aromatic nitrogens is 1. The molecule has 0 amide bonds. The van der Waals surface area contributed by atoms with Crippen LogP contribution in [-0.2, 0) is 15.9 Å². The highest BCUT2D eigenvalue weighted by Gasteiger charge is 2.23. The molecule has 2 rings (SSSR count). The van der Waals surface area contributed by atoms with Crippen LogP contribution in [0.5, 0.6) is 5.75 Å². The molecule has 0 aliphatic rings. The van der Waals surface area contributed by atoms with Crippen molar-refractivity contribution in [1.82, 2.24) is 4.98 Å². The van der Waals surface area contributed by atoms with Crippen molar-refractivity contribution in [3.05, 3.63) is 30.0 Å². The van der Waals surface area contributed by atoms with Crippen LogP contribution < -0.4 is 10.5 Å². The van der Waals surface area contributed by atoms with Gasteiger partial charge in [-0.3, -0.25) is 0 Å². The number of nitrogens with two attached hydrogens (primary N) is 1. The van der Waals surface area contributed by atoms with Gasteiger partial charge in [-0.05, 0) is 64.4 Å². The van der Waals surface area contributed by atoms with Crippen LogP contribution in [0.4, 0.5) is 0 Å². The fourth-order valence-electron chi connectivity index (χ4n) is 2.53. The maximum Gasteiger partial charge on any atom is 0.127 e. The van der Waals surface area contributed by atoms with E-state index >= 15 is 0 Å². The third-order valence-corrected chi connectivity index (χ3v) is 4.00. The minimum absolute atomic E-state index is 0.294. The van der Waals surface area contributed by atoms with E-state index in [0.717, 1.165) is 23.1 Å². The zero-order valence-electron chi connectivity index (χ0n) is 15.4. The number of rotatable bonds is 9. The summed E-state index contributed by atoms with van der Waals surface area (Å²) >= 11 is 0. The van der Waals surface area contributed by atoms with Crippen molar-refractivity contribution >= 4 is 10.9 Å². The quantitative estimate of drug-likeness (QED) is 0.738. The third-order valence-electron chi connectivity index (χ3n) is 4.00. The number of nitrogens with one attached hydrogen (secondary N) is 1. The summed E-state index contributed by atoms with van der Waals surface area (Å²) in [6.07, 6.45) is 2.87. The molecule has 0 bridgehead atoms. The van der Waals surface area contributed by atoms with Crippen LogP contribution in [0.2, 0.25) is 0 Å². The number of fused-ring (bicyclic) bond motifs is 1. The molecule has 2 aromatic rings. The van der Waals surface area contributed by atoms with E-state index in [9.17, 15) is 0 Å². The predicted octanol–water partition coefficient (Wildman–Crippen LogP) is 3.27. The fourth-order valence-corrected chi connectivity index (χ4v) is 2.53. The van der Waals surface area contributed by atoms with E-state index in [2.05, 4.69) is 11.1 Å². The second kappa shape index (κ2) is 7.55. The minimum Gasteiger partial charge on any atom is -0.485 e. The Hall–Kier alpha value is -1.56. The average Bonchev–Trinajstić information content (AvgIpc) is 2.89. The molecule has 24 heavy (non-hydrogen) atoms. The van der Waals surface area contributed by atoms with E-state index < -0.39 is 5.60 Å². The largest absolute Gasteiger partial charge is 0.485 e. The Labute approximate surface area is 144 Å². The summed E-state index contributed by atoms with van der Waals surface area (Å²) in [6, 6.07) is 6.08. The van der Waals surface area contributed by atoms with Gasteiger partial charge >= 0.3 is 0 Å². The molecule has 0 unspecified atom stereocenters. The summed E-state index contributed by atoms with van der Waals surface area (Å²) in [5.74, 6) is 0.833. The summed E-state index contributed by atoms with van der Waals surface area (Å²) in [7, 11) is 1.69. The molecule has 134 valence electrons. The van der Waals surface area contributed by atoms with Crippen molar-refractivity contribution in [3.8, 4) is 5.75 Å². The van der Waals surface area contributed by atoms with Crippen molar-refractivity contribution in [3.63, 3.8) is 0 Å². The van der Waals surface area contributed by atoms with Gasteiger partial charge in [-0.1, -0.05) is 0 Å². The molecule has 3 N–H and O–H groups in total. The Morgan fingerprint density at radius 1 is 1.08 bits per heavy atom. The lowest BCUT2D eigenvalue weighted by Gasteiger charge is -2.29. The molecule has 5 nitrogen and oxygen atoms in total. The monoisotopic (exact) mass is 334 g/mol. The van der Waals surface area contributed by atoms with Gasteiger partial charge in [0.2, 0.25) is 0 Å². The lowest BCUT2D eigenvalue weighted by molar-refractivity contribution is -0.0800. The Morgan fingerprint density at radius 3 is 2.46 bits per heavy atom.